The predicted molar refractivity (Wildman–Crippen MR) is 86.6 cm³/mol. The van der Waals surface area contributed by atoms with E-state index in [-0.39, 0.29) is 17.6 Å². The van der Waals surface area contributed by atoms with Gasteiger partial charge in [-0.15, -0.1) is 12.3 Å². The molecule has 22 heavy (non-hydrogen) atoms. The van der Waals surface area contributed by atoms with Gasteiger partial charge in [0.2, 0.25) is 5.91 Å². The second-order valence-corrected chi connectivity index (χ2v) is 6.17. The molecule has 1 atom stereocenters. The minimum Gasteiger partial charge on any atom is -0.309 e. The summed E-state index contributed by atoms with van der Waals surface area (Å²) in [5.74, 6) is 2.78. The van der Waals surface area contributed by atoms with Crippen molar-refractivity contribution in [3.8, 4) is 12.3 Å². The molecule has 0 aliphatic carbocycles. The number of rotatable bonds is 5. The van der Waals surface area contributed by atoms with Crippen LogP contribution in [0.4, 0.5) is 5.69 Å². The summed E-state index contributed by atoms with van der Waals surface area (Å²) >= 11 is 0. The molecule has 1 amide bonds. The Kier molecular flexibility index (Phi) is 3.98. The summed E-state index contributed by atoms with van der Waals surface area (Å²) in [4.78, 5) is 14.7. The molecule has 3 rings (SSSR count). The van der Waals surface area contributed by atoms with Gasteiger partial charge in [-0.25, -0.2) is 0 Å². The summed E-state index contributed by atoms with van der Waals surface area (Å²) in [5.41, 5.74) is 1.95. The van der Waals surface area contributed by atoms with Crippen molar-refractivity contribution < 1.29 is 4.79 Å². The Morgan fingerprint density at radius 2 is 2.18 bits per heavy atom. The Morgan fingerprint density at radius 1 is 1.41 bits per heavy atom. The Labute approximate surface area is 131 Å². The molecular formula is C18H21N3O. The SMILES string of the molecule is C#CCCC1(CCC(=O)N2c3ccccc3CCC2C)N=N1. The second kappa shape index (κ2) is 5.92. The Morgan fingerprint density at radius 3 is 2.91 bits per heavy atom. The molecule has 2 aliphatic rings. The van der Waals surface area contributed by atoms with Crippen molar-refractivity contribution >= 4 is 11.6 Å². The average molecular weight is 295 g/mol. The molecule has 4 nitrogen and oxygen atoms in total. The van der Waals surface area contributed by atoms with E-state index < -0.39 is 0 Å². The van der Waals surface area contributed by atoms with E-state index in [1.165, 1.54) is 5.56 Å². The Bertz CT molecular complexity index is 638. The molecule has 0 saturated heterocycles. The summed E-state index contributed by atoms with van der Waals surface area (Å²) in [5, 5.41) is 8.22. The summed E-state index contributed by atoms with van der Waals surface area (Å²) in [7, 11) is 0. The second-order valence-electron chi connectivity index (χ2n) is 6.17. The number of nitrogens with zero attached hydrogens (tertiary/aromatic N) is 3. The number of terminal acetylenes is 1. The van der Waals surface area contributed by atoms with Crippen LogP contribution in [0.3, 0.4) is 0 Å². The van der Waals surface area contributed by atoms with Gasteiger partial charge in [-0.1, -0.05) is 18.2 Å². The van der Waals surface area contributed by atoms with Crippen LogP contribution in [0.15, 0.2) is 34.5 Å². The third-order valence-electron chi connectivity index (χ3n) is 4.58. The van der Waals surface area contributed by atoms with Crippen molar-refractivity contribution in [2.75, 3.05) is 4.90 Å². The maximum absolute atomic E-state index is 12.7. The van der Waals surface area contributed by atoms with Crippen LogP contribution >= 0.6 is 0 Å². The highest BCUT2D eigenvalue weighted by molar-refractivity contribution is 5.95. The molecule has 4 heteroatoms. The maximum Gasteiger partial charge on any atom is 0.227 e. The summed E-state index contributed by atoms with van der Waals surface area (Å²) in [6.07, 6.45) is 9.90. The zero-order valence-electron chi connectivity index (χ0n) is 13.0. The number of carbonyl (C=O) groups is 1. The van der Waals surface area contributed by atoms with E-state index in [1.807, 2.05) is 23.1 Å². The van der Waals surface area contributed by atoms with Gasteiger partial charge in [0.05, 0.1) is 0 Å². The molecule has 1 unspecified atom stereocenters. The third-order valence-corrected chi connectivity index (χ3v) is 4.58. The normalized spacial score (nSPS) is 21.1. The number of para-hydroxylation sites is 1. The highest BCUT2D eigenvalue weighted by Crippen LogP contribution is 2.38. The van der Waals surface area contributed by atoms with Crippen molar-refractivity contribution in [3.63, 3.8) is 0 Å². The number of amides is 1. The molecule has 2 heterocycles. The molecular weight excluding hydrogens is 274 g/mol. The molecule has 0 N–H and O–H groups in total. The number of aryl methyl sites for hydroxylation is 1. The fourth-order valence-electron chi connectivity index (χ4n) is 3.16. The number of carbonyl (C=O) groups excluding carboxylic acids is 1. The summed E-state index contributed by atoms with van der Waals surface area (Å²) < 4.78 is 0. The minimum atomic E-state index is -0.374. The van der Waals surface area contributed by atoms with Gasteiger partial charge in [-0.2, -0.15) is 10.2 Å². The fourth-order valence-corrected chi connectivity index (χ4v) is 3.16. The first kappa shape index (κ1) is 14.8. The highest BCUT2D eigenvalue weighted by atomic mass is 16.2. The van der Waals surface area contributed by atoms with Crippen LogP contribution in [0.25, 0.3) is 0 Å². The van der Waals surface area contributed by atoms with Crippen LogP contribution in [0, 0.1) is 12.3 Å². The van der Waals surface area contributed by atoms with E-state index in [0.717, 1.165) is 24.9 Å². The lowest BCUT2D eigenvalue weighted by atomic mass is 9.95. The first-order valence-electron chi connectivity index (χ1n) is 7.93. The van der Waals surface area contributed by atoms with E-state index in [1.54, 1.807) is 0 Å². The van der Waals surface area contributed by atoms with Gasteiger partial charge in [-0.3, -0.25) is 4.79 Å². The van der Waals surface area contributed by atoms with Crippen LogP contribution in [0.5, 0.6) is 0 Å². The lowest BCUT2D eigenvalue weighted by Crippen LogP contribution is -2.42. The quantitative estimate of drug-likeness (QED) is 0.764. The van der Waals surface area contributed by atoms with Crippen LogP contribution in [0.2, 0.25) is 0 Å². The van der Waals surface area contributed by atoms with E-state index in [4.69, 9.17) is 6.42 Å². The summed E-state index contributed by atoms with van der Waals surface area (Å²) in [6.45, 7) is 2.12. The molecule has 1 aromatic rings. The molecule has 114 valence electrons. The number of anilines is 1. The predicted octanol–water partition coefficient (Wildman–Crippen LogP) is 3.71. The van der Waals surface area contributed by atoms with Gasteiger partial charge in [0.15, 0.2) is 5.66 Å². The van der Waals surface area contributed by atoms with Crippen LogP contribution in [-0.4, -0.2) is 17.6 Å². The monoisotopic (exact) mass is 295 g/mol. The van der Waals surface area contributed by atoms with Gasteiger partial charge in [0.1, 0.15) is 0 Å². The van der Waals surface area contributed by atoms with Gasteiger partial charge in [0.25, 0.3) is 0 Å². The largest absolute Gasteiger partial charge is 0.309 e. The topological polar surface area (TPSA) is 45.0 Å². The van der Waals surface area contributed by atoms with Gasteiger partial charge in [0, 0.05) is 37.4 Å². The van der Waals surface area contributed by atoms with Crippen LogP contribution < -0.4 is 4.90 Å². The first-order chi connectivity index (χ1) is 10.7. The number of hydrogen-bond donors (Lipinski definition) is 0. The zero-order chi connectivity index (χ0) is 15.6. The summed E-state index contributed by atoms with van der Waals surface area (Å²) in [6, 6.07) is 8.44. The standard InChI is InChI=1S/C18H21N3O/c1-3-4-12-18(19-20-18)13-11-17(22)21-14(2)9-10-15-7-5-6-8-16(15)21/h1,5-8,14H,4,9-13H2,2H3. The molecule has 0 saturated carbocycles. The Balaban J connectivity index is 1.66. The lowest BCUT2D eigenvalue weighted by Gasteiger charge is -2.35. The van der Waals surface area contributed by atoms with E-state index in [0.29, 0.717) is 19.3 Å². The van der Waals surface area contributed by atoms with E-state index in [2.05, 4.69) is 29.1 Å². The van der Waals surface area contributed by atoms with Crippen molar-refractivity contribution in [1.82, 2.24) is 0 Å². The number of hydrogen-bond acceptors (Lipinski definition) is 3. The smallest absolute Gasteiger partial charge is 0.227 e. The van der Waals surface area contributed by atoms with Crippen molar-refractivity contribution in [2.24, 2.45) is 10.2 Å². The molecule has 0 spiro atoms. The Hall–Kier alpha value is -2.15. The van der Waals surface area contributed by atoms with Crippen molar-refractivity contribution in [1.29, 1.82) is 0 Å². The van der Waals surface area contributed by atoms with E-state index >= 15 is 0 Å². The minimum absolute atomic E-state index is 0.164. The van der Waals surface area contributed by atoms with Gasteiger partial charge >= 0.3 is 0 Å². The lowest BCUT2D eigenvalue weighted by molar-refractivity contribution is -0.119. The molecule has 2 aliphatic heterocycles. The fraction of sp³-hybridized carbons (Fsp3) is 0.500. The molecule has 0 aromatic heterocycles. The third kappa shape index (κ3) is 2.89. The van der Waals surface area contributed by atoms with Gasteiger partial charge < -0.3 is 4.90 Å². The van der Waals surface area contributed by atoms with E-state index in [9.17, 15) is 4.79 Å². The molecule has 0 fully saturated rings. The van der Waals surface area contributed by atoms with Gasteiger partial charge in [-0.05, 0) is 31.4 Å². The molecule has 0 bridgehead atoms. The molecule has 0 radical (unpaired) electrons. The maximum atomic E-state index is 12.7. The number of benzene rings is 1. The van der Waals surface area contributed by atoms with Crippen molar-refractivity contribution in [2.45, 2.75) is 57.2 Å². The zero-order valence-corrected chi connectivity index (χ0v) is 13.0. The van der Waals surface area contributed by atoms with Crippen LogP contribution in [-0.2, 0) is 11.2 Å². The molecule has 1 aromatic carbocycles. The average Bonchev–Trinajstić information content (AvgIpc) is 3.31. The van der Waals surface area contributed by atoms with Crippen molar-refractivity contribution in [3.05, 3.63) is 29.8 Å². The number of fused-ring (bicyclic) bond motifs is 1. The first-order valence-corrected chi connectivity index (χ1v) is 7.93. The van der Waals surface area contributed by atoms with Crippen LogP contribution in [0.1, 0.15) is 44.6 Å². The highest BCUT2D eigenvalue weighted by Gasteiger charge is 2.40.